The van der Waals surface area contributed by atoms with E-state index in [-0.39, 0.29) is 23.3 Å². The number of pyridine rings is 1. The van der Waals surface area contributed by atoms with Crippen LogP contribution in [0.25, 0.3) is 11.1 Å². The first-order valence-corrected chi connectivity index (χ1v) is 12.3. The van der Waals surface area contributed by atoms with E-state index in [0.29, 0.717) is 6.54 Å². The zero-order valence-corrected chi connectivity index (χ0v) is 18.5. The van der Waals surface area contributed by atoms with Crippen LogP contribution >= 0.6 is 0 Å². The largest absolute Gasteiger partial charge is 0.334 e. The molecule has 2 aromatic heterocycles. The van der Waals surface area contributed by atoms with Crippen LogP contribution in [-0.2, 0) is 21.1 Å². The normalized spacial score (nSPS) is 17.0. The molecule has 1 fully saturated rings. The lowest BCUT2D eigenvalue weighted by molar-refractivity contribution is -0.134. The van der Waals surface area contributed by atoms with Crippen molar-refractivity contribution in [1.82, 2.24) is 20.1 Å². The third-order valence-corrected chi connectivity index (χ3v) is 6.97. The van der Waals surface area contributed by atoms with Gasteiger partial charge < -0.3 is 4.90 Å². The third-order valence-electron chi connectivity index (χ3n) is 5.84. The van der Waals surface area contributed by atoms with Crippen LogP contribution in [0.2, 0.25) is 0 Å². The Morgan fingerprint density at radius 3 is 2.61 bits per heavy atom. The van der Waals surface area contributed by atoms with Crippen molar-refractivity contribution in [2.45, 2.75) is 43.5 Å². The standard InChI is InChI=1S/C23H26N4O3S/c1-16-14-24-11-10-19(16)20-15-25-26-23(20)21-5-3-4-12-27(21)22(28)13-17-6-8-18(9-7-17)31(2,29)30/h6-11,14-15,21H,3-5,12-13H2,1-2H3,(H,25,26)/t21-/m1/s1. The Balaban J connectivity index is 1.58. The van der Waals surface area contributed by atoms with Gasteiger partial charge in [0.25, 0.3) is 0 Å². The summed E-state index contributed by atoms with van der Waals surface area (Å²) >= 11 is 0. The minimum Gasteiger partial charge on any atom is -0.334 e. The highest BCUT2D eigenvalue weighted by molar-refractivity contribution is 7.90. The number of carbonyl (C=O) groups is 1. The van der Waals surface area contributed by atoms with Gasteiger partial charge in [-0.05, 0) is 61.1 Å². The number of aromatic amines is 1. The Labute approximate surface area is 182 Å². The molecule has 0 unspecified atom stereocenters. The Morgan fingerprint density at radius 1 is 1.13 bits per heavy atom. The first-order chi connectivity index (χ1) is 14.8. The summed E-state index contributed by atoms with van der Waals surface area (Å²) in [7, 11) is -3.25. The van der Waals surface area contributed by atoms with Gasteiger partial charge in [0.05, 0.1) is 29.2 Å². The van der Waals surface area contributed by atoms with Crippen LogP contribution < -0.4 is 0 Å². The number of amides is 1. The summed E-state index contributed by atoms with van der Waals surface area (Å²) in [6.45, 7) is 2.71. The van der Waals surface area contributed by atoms with Crippen molar-refractivity contribution in [3.05, 3.63) is 65.7 Å². The Bertz CT molecular complexity index is 1190. The fourth-order valence-corrected chi connectivity index (χ4v) is 4.83. The molecule has 31 heavy (non-hydrogen) atoms. The minimum atomic E-state index is -3.25. The molecule has 4 rings (SSSR count). The lowest BCUT2D eigenvalue weighted by Gasteiger charge is -2.36. The van der Waals surface area contributed by atoms with Gasteiger partial charge in [0.1, 0.15) is 0 Å². The van der Waals surface area contributed by atoms with Gasteiger partial charge in [-0.2, -0.15) is 5.10 Å². The van der Waals surface area contributed by atoms with E-state index < -0.39 is 9.84 Å². The van der Waals surface area contributed by atoms with Gasteiger partial charge in [-0.25, -0.2) is 8.42 Å². The maximum absolute atomic E-state index is 13.2. The number of aromatic nitrogens is 3. The predicted molar refractivity (Wildman–Crippen MR) is 118 cm³/mol. The summed E-state index contributed by atoms with van der Waals surface area (Å²) in [5, 5.41) is 7.43. The molecule has 1 atom stereocenters. The number of likely N-dealkylation sites (tertiary alicyclic amines) is 1. The van der Waals surface area contributed by atoms with Crippen molar-refractivity contribution in [3.8, 4) is 11.1 Å². The molecular formula is C23H26N4O3S. The number of hydrogen-bond donors (Lipinski definition) is 1. The average molecular weight is 439 g/mol. The molecule has 1 amide bonds. The highest BCUT2D eigenvalue weighted by atomic mass is 32.2. The van der Waals surface area contributed by atoms with Gasteiger partial charge in [-0.3, -0.25) is 14.9 Å². The number of carbonyl (C=O) groups excluding carboxylic acids is 1. The molecule has 7 nitrogen and oxygen atoms in total. The fraction of sp³-hybridized carbons (Fsp3) is 0.348. The molecule has 3 heterocycles. The van der Waals surface area contributed by atoms with E-state index in [4.69, 9.17) is 0 Å². The number of H-pyrrole nitrogens is 1. The zero-order chi connectivity index (χ0) is 22.0. The van der Waals surface area contributed by atoms with E-state index in [1.165, 1.54) is 6.26 Å². The number of benzene rings is 1. The smallest absolute Gasteiger partial charge is 0.227 e. The number of aryl methyl sites for hydroxylation is 1. The number of hydrogen-bond acceptors (Lipinski definition) is 5. The number of sulfone groups is 1. The molecule has 0 bridgehead atoms. The Morgan fingerprint density at radius 2 is 1.90 bits per heavy atom. The maximum atomic E-state index is 13.2. The van der Waals surface area contributed by atoms with E-state index in [1.54, 1.807) is 30.5 Å². The van der Waals surface area contributed by atoms with Crippen molar-refractivity contribution in [2.75, 3.05) is 12.8 Å². The molecule has 162 valence electrons. The van der Waals surface area contributed by atoms with Crippen LogP contribution in [0.1, 0.15) is 42.1 Å². The highest BCUT2D eigenvalue weighted by Crippen LogP contribution is 2.36. The van der Waals surface area contributed by atoms with E-state index in [1.807, 2.05) is 30.3 Å². The van der Waals surface area contributed by atoms with Crippen molar-refractivity contribution >= 4 is 15.7 Å². The summed E-state index contributed by atoms with van der Waals surface area (Å²) in [4.78, 5) is 19.6. The summed E-state index contributed by atoms with van der Waals surface area (Å²) < 4.78 is 23.3. The quantitative estimate of drug-likeness (QED) is 0.658. The van der Waals surface area contributed by atoms with E-state index in [2.05, 4.69) is 15.2 Å². The third kappa shape index (κ3) is 4.54. The molecule has 0 radical (unpaired) electrons. The van der Waals surface area contributed by atoms with E-state index in [9.17, 15) is 13.2 Å². The maximum Gasteiger partial charge on any atom is 0.227 e. The molecule has 3 aromatic rings. The molecule has 0 saturated carbocycles. The second kappa shape index (κ2) is 8.63. The Hall–Kier alpha value is -3.00. The van der Waals surface area contributed by atoms with Gasteiger partial charge in [0.2, 0.25) is 5.91 Å². The second-order valence-corrected chi connectivity index (χ2v) is 10.1. The summed E-state index contributed by atoms with van der Waals surface area (Å²) in [6, 6.07) is 8.46. The van der Waals surface area contributed by atoms with Crippen molar-refractivity contribution < 1.29 is 13.2 Å². The minimum absolute atomic E-state index is 0.0313. The SMILES string of the molecule is Cc1cnccc1-c1cn[nH]c1[C@H]1CCCCN1C(=O)Cc1ccc(S(C)(=O)=O)cc1. The van der Waals surface area contributed by atoms with Crippen LogP contribution in [0.3, 0.4) is 0 Å². The van der Waals surface area contributed by atoms with Crippen LogP contribution in [0.4, 0.5) is 0 Å². The van der Waals surface area contributed by atoms with Gasteiger partial charge in [0, 0.05) is 30.8 Å². The fourth-order valence-electron chi connectivity index (χ4n) is 4.20. The summed E-state index contributed by atoms with van der Waals surface area (Å²) in [6.07, 6.45) is 9.71. The number of rotatable bonds is 5. The summed E-state index contributed by atoms with van der Waals surface area (Å²) in [5.74, 6) is 0.0313. The molecule has 1 N–H and O–H groups in total. The van der Waals surface area contributed by atoms with Crippen LogP contribution in [0.15, 0.2) is 53.8 Å². The van der Waals surface area contributed by atoms with Crippen LogP contribution in [0, 0.1) is 6.92 Å². The van der Waals surface area contributed by atoms with Crippen LogP contribution in [-0.4, -0.2) is 47.2 Å². The van der Waals surface area contributed by atoms with Gasteiger partial charge in [-0.1, -0.05) is 12.1 Å². The predicted octanol–water partition coefficient (Wildman–Crippen LogP) is 3.48. The molecule has 1 saturated heterocycles. The van der Waals surface area contributed by atoms with Gasteiger partial charge in [-0.15, -0.1) is 0 Å². The molecule has 1 aliphatic heterocycles. The van der Waals surface area contributed by atoms with Gasteiger partial charge >= 0.3 is 0 Å². The molecule has 8 heteroatoms. The van der Waals surface area contributed by atoms with Crippen LogP contribution in [0.5, 0.6) is 0 Å². The molecule has 0 aliphatic carbocycles. The van der Waals surface area contributed by atoms with Crippen molar-refractivity contribution in [1.29, 1.82) is 0 Å². The molecular weight excluding hydrogens is 412 g/mol. The number of nitrogens with one attached hydrogen (secondary N) is 1. The molecule has 1 aliphatic rings. The zero-order valence-electron chi connectivity index (χ0n) is 17.7. The van der Waals surface area contributed by atoms with E-state index >= 15 is 0 Å². The summed E-state index contributed by atoms with van der Waals surface area (Å²) in [5.41, 5.74) is 4.88. The topological polar surface area (TPSA) is 96.0 Å². The number of piperidine rings is 1. The molecule has 1 aromatic carbocycles. The average Bonchev–Trinajstić information content (AvgIpc) is 3.23. The lowest BCUT2D eigenvalue weighted by atomic mass is 9.93. The monoisotopic (exact) mass is 438 g/mol. The first-order valence-electron chi connectivity index (χ1n) is 10.4. The lowest BCUT2D eigenvalue weighted by Crippen LogP contribution is -2.39. The molecule has 0 spiro atoms. The van der Waals surface area contributed by atoms with Crippen molar-refractivity contribution in [3.63, 3.8) is 0 Å². The van der Waals surface area contributed by atoms with Gasteiger partial charge in [0.15, 0.2) is 9.84 Å². The van der Waals surface area contributed by atoms with E-state index in [0.717, 1.165) is 47.2 Å². The highest BCUT2D eigenvalue weighted by Gasteiger charge is 2.31. The number of nitrogens with zero attached hydrogens (tertiary/aromatic N) is 3. The Kier molecular flexibility index (Phi) is 5.91. The van der Waals surface area contributed by atoms with Crippen molar-refractivity contribution in [2.24, 2.45) is 0 Å². The second-order valence-electron chi connectivity index (χ2n) is 8.08. The first kappa shape index (κ1) is 21.2.